The van der Waals surface area contributed by atoms with Gasteiger partial charge in [-0.3, -0.25) is 9.78 Å². The number of rotatable bonds is 1. The summed E-state index contributed by atoms with van der Waals surface area (Å²) in [6, 6.07) is 3.28. The fourth-order valence-electron chi connectivity index (χ4n) is 0.764. The van der Waals surface area contributed by atoms with Gasteiger partial charge in [0.05, 0.1) is 0 Å². The molecular formula is C8H11N2OY-. The van der Waals surface area contributed by atoms with Crippen LogP contribution in [0.4, 0.5) is 0 Å². The SMILES string of the molecule is [CH2-]c1cc(C(=O)NC)ccn1.[HH].[Y]. The number of nitrogens with zero attached hydrogens (tertiary/aromatic N) is 1. The molecule has 1 amide bonds. The van der Waals surface area contributed by atoms with Crippen molar-refractivity contribution in [2.75, 3.05) is 7.05 Å². The van der Waals surface area contributed by atoms with Crippen LogP contribution in [-0.4, -0.2) is 17.9 Å². The first-order valence-electron chi connectivity index (χ1n) is 3.24. The van der Waals surface area contributed by atoms with Gasteiger partial charge in [-0.2, -0.15) is 6.07 Å². The molecular weight excluding hydrogens is 229 g/mol. The first-order valence-corrected chi connectivity index (χ1v) is 3.24. The molecule has 0 spiro atoms. The molecule has 1 N–H and O–H groups in total. The molecule has 1 heterocycles. The van der Waals surface area contributed by atoms with Gasteiger partial charge in [0.1, 0.15) is 0 Å². The van der Waals surface area contributed by atoms with Gasteiger partial charge in [0.25, 0.3) is 0 Å². The third-order valence-corrected chi connectivity index (χ3v) is 1.31. The van der Waals surface area contributed by atoms with Crippen molar-refractivity contribution in [1.29, 1.82) is 0 Å². The van der Waals surface area contributed by atoms with Crippen LogP contribution in [0.25, 0.3) is 0 Å². The Morgan fingerprint density at radius 1 is 1.75 bits per heavy atom. The van der Waals surface area contributed by atoms with Crippen molar-refractivity contribution in [2.45, 2.75) is 0 Å². The van der Waals surface area contributed by atoms with Crippen molar-refractivity contribution in [1.82, 2.24) is 10.3 Å². The smallest absolute Gasteiger partial charge is 0.233 e. The Hall–Kier alpha value is -0.406. The van der Waals surface area contributed by atoms with Crippen molar-refractivity contribution >= 4 is 5.91 Å². The molecule has 1 rings (SSSR count). The summed E-state index contributed by atoms with van der Waals surface area (Å²) in [5, 5.41) is 2.51. The van der Waals surface area contributed by atoms with Crippen LogP contribution in [0.3, 0.4) is 0 Å². The van der Waals surface area contributed by atoms with Crippen LogP contribution in [0.1, 0.15) is 17.5 Å². The molecule has 0 fully saturated rings. The van der Waals surface area contributed by atoms with Gasteiger partial charge in [-0.1, -0.05) is 0 Å². The molecule has 1 radical (unpaired) electrons. The van der Waals surface area contributed by atoms with Gasteiger partial charge in [0.2, 0.25) is 5.91 Å². The molecule has 0 bridgehead atoms. The minimum absolute atomic E-state index is 0. The summed E-state index contributed by atoms with van der Waals surface area (Å²) in [7, 11) is 1.59. The Morgan fingerprint density at radius 2 is 2.42 bits per heavy atom. The molecule has 1 aromatic heterocycles. The number of nitrogens with one attached hydrogen (secondary N) is 1. The normalized spacial score (nSPS) is 8.42. The van der Waals surface area contributed by atoms with Gasteiger partial charge in [-0.05, 0) is 11.6 Å². The molecule has 0 aliphatic carbocycles. The van der Waals surface area contributed by atoms with Crippen LogP contribution in [0.5, 0.6) is 0 Å². The maximum atomic E-state index is 11.0. The van der Waals surface area contributed by atoms with Crippen LogP contribution in [0, 0.1) is 6.92 Å². The molecule has 0 aliphatic heterocycles. The molecule has 12 heavy (non-hydrogen) atoms. The third kappa shape index (κ3) is 2.91. The monoisotopic (exact) mass is 240 g/mol. The summed E-state index contributed by atoms with van der Waals surface area (Å²) in [5.74, 6) is -0.114. The van der Waals surface area contributed by atoms with Crippen molar-refractivity contribution < 1.29 is 38.9 Å². The second kappa shape index (κ2) is 5.28. The second-order valence-corrected chi connectivity index (χ2v) is 2.11. The van der Waals surface area contributed by atoms with E-state index in [0.29, 0.717) is 11.3 Å². The molecule has 4 heteroatoms. The Morgan fingerprint density at radius 3 is 2.92 bits per heavy atom. The van der Waals surface area contributed by atoms with Gasteiger partial charge in [0, 0.05) is 47.4 Å². The van der Waals surface area contributed by atoms with Crippen LogP contribution < -0.4 is 5.32 Å². The predicted molar refractivity (Wildman–Crippen MR) is 44.2 cm³/mol. The number of carbonyl (C=O) groups excluding carboxylic acids is 1. The van der Waals surface area contributed by atoms with Gasteiger partial charge < -0.3 is 5.32 Å². The Bertz CT molecular complexity index is 281. The number of hydrogen-bond acceptors (Lipinski definition) is 2. The van der Waals surface area contributed by atoms with Gasteiger partial charge >= 0.3 is 0 Å². The molecule has 0 saturated heterocycles. The Kier molecular flexibility index (Phi) is 5.10. The summed E-state index contributed by atoms with van der Waals surface area (Å²) >= 11 is 0. The van der Waals surface area contributed by atoms with Gasteiger partial charge in [-0.25, -0.2) is 6.92 Å². The van der Waals surface area contributed by atoms with E-state index in [0.717, 1.165) is 0 Å². The fraction of sp³-hybridized carbons (Fsp3) is 0.125. The molecule has 0 saturated carbocycles. The summed E-state index contributed by atoms with van der Waals surface area (Å²) in [5.41, 5.74) is 1.19. The average Bonchev–Trinajstić information content (AvgIpc) is 2.03. The summed E-state index contributed by atoms with van der Waals surface area (Å²) in [6.45, 7) is 3.61. The molecule has 0 aromatic carbocycles. The fourth-order valence-corrected chi connectivity index (χ4v) is 0.764. The second-order valence-electron chi connectivity index (χ2n) is 2.11. The predicted octanol–water partition coefficient (Wildman–Crippen LogP) is 0.867. The number of carbonyl (C=O) groups is 1. The van der Waals surface area contributed by atoms with E-state index in [2.05, 4.69) is 17.2 Å². The Balaban J connectivity index is 0. The van der Waals surface area contributed by atoms with Crippen LogP contribution in [0.2, 0.25) is 0 Å². The number of amides is 1. The molecule has 3 nitrogen and oxygen atoms in total. The van der Waals surface area contributed by atoms with E-state index < -0.39 is 0 Å². The minimum atomic E-state index is -0.114. The maximum absolute atomic E-state index is 11.0. The van der Waals surface area contributed by atoms with Crippen molar-refractivity contribution in [3.05, 3.63) is 36.5 Å². The topological polar surface area (TPSA) is 42.0 Å². The summed E-state index contributed by atoms with van der Waals surface area (Å²) in [6.07, 6.45) is 1.56. The number of aromatic nitrogens is 1. The van der Waals surface area contributed by atoms with E-state index >= 15 is 0 Å². The zero-order valence-electron chi connectivity index (χ0n) is 6.87. The van der Waals surface area contributed by atoms with Crippen LogP contribution >= 0.6 is 0 Å². The third-order valence-electron chi connectivity index (χ3n) is 1.31. The van der Waals surface area contributed by atoms with Crippen molar-refractivity contribution in [3.63, 3.8) is 0 Å². The average molecular weight is 240 g/mol. The van der Waals surface area contributed by atoms with E-state index in [9.17, 15) is 4.79 Å². The van der Waals surface area contributed by atoms with E-state index in [1.54, 1.807) is 25.4 Å². The molecule has 0 atom stereocenters. The number of pyridine rings is 1. The molecule has 63 valence electrons. The van der Waals surface area contributed by atoms with Gasteiger partial charge in [-0.15, -0.1) is 5.69 Å². The summed E-state index contributed by atoms with van der Waals surface area (Å²) < 4.78 is 0. The van der Waals surface area contributed by atoms with Gasteiger partial charge in [0.15, 0.2) is 0 Å². The van der Waals surface area contributed by atoms with Crippen LogP contribution in [0.15, 0.2) is 18.3 Å². The van der Waals surface area contributed by atoms with E-state index in [1.165, 1.54) is 0 Å². The van der Waals surface area contributed by atoms with E-state index in [-0.39, 0.29) is 40.0 Å². The first kappa shape index (κ1) is 11.6. The molecule has 1 aromatic rings. The standard InChI is InChI=1S/C8H9N2O.Y.H2/c1-6-5-7(3-4-10-6)8(11)9-2;;/h3-5H,1H2,2H3,(H,9,11);;1H/q-1;;. The van der Waals surface area contributed by atoms with Crippen LogP contribution in [-0.2, 0) is 32.7 Å². The zero-order chi connectivity index (χ0) is 8.27. The molecule has 0 aliphatic rings. The van der Waals surface area contributed by atoms with E-state index in [1.807, 2.05) is 0 Å². The summed E-state index contributed by atoms with van der Waals surface area (Å²) in [4.78, 5) is 14.9. The Labute approximate surface area is 98.3 Å². The quantitative estimate of drug-likeness (QED) is 0.740. The van der Waals surface area contributed by atoms with E-state index in [4.69, 9.17) is 0 Å². The largest absolute Gasteiger partial charge is 0.356 e. The first-order chi connectivity index (χ1) is 5.24. The zero-order valence-corrected chi connectivity index (χ0v) is 9.71. The minimum Gasteiger partial charge on any atom is -0.356 e. The maximum Gasteiger partial charge on any atom is 0.233 e. The number of hydrogen-bond donors (Lipinski definition) is 1. The molecule has 0 unspecified atom stereocenters. The van der Waals surface area contributed by atoms with Crippen molar-refractivity contribution in [2.24, 2.45) is 0 Å². The van der Waals surface area contributed by atoms with Crippen molar-refractivity contribution in [3.8, 4) is 0 Å².